The van der Waals surface area contributed by atoms with E-state index in [2.05, 4.69) is 12.2 Å². The number of fused-ring (bicyclic) bond motifs is 1. The molecule has 3 rings (SSSR count). The number of anilines is 1. The Morgan fingerprint density at radius 2 is 2.00 bits per heavy atom. The fourth-order valence-corrected chi connectivity index (χ4v) is 4.22. The summed E-state index contributed by atoms with van der Waals surface area (Å²) in [5, 5.41) is 4.93. The Hall–Kier alpha value is -2.34. The van der Waals surface area contributed by atoms with Gasteiger partial charge in [-0.1, -0.05) is 6.92 Å². The summed E-state index contributed by atoms with van der Waals surface area (Å²) in [6.07, 6.45) is 3.20. The van der Waals surface area contributed by atoms with Crippen LogP contribution in [0.4, 0.5) is 5.69 Å². The van der Waals surface area contributed by atoms with E-state index in [1.165, 1.54) is 15.3 Å². The van der Waals surface area contributed by atoms with Crippen molar-refractivity contribution in [2.75, 3.05) is 26.0 Å². The minimum Gasteiger partial charge on any atom is -0.484 e. The molecule has 5 nitrogen and oxygen atoms in total. The molecule has 1 heterocycles. The van der Waals surface area contributed by atoms with Gasteiger partial charge < -0.3 is 15.0 Å². The maximum absolute atomic E-state index is 12.6. The Balaban J connectivity index is 1.61. The normalized spacial score (nSPS) is 15.9. The second-order valence-electron chi connectivity index (χ2n) is 6.95. The topological polar surface area (TPSA) is 58.6 Å². The first kappa shape index (κ1) is 18.5. The van der Waals surface area contributed by atoms with E-state index in [9.17, 15) is 9.59 Å². The van der Waals surface area contributed by atoms with Crippen molar-refractivity contribution in [3.63, 3.8) is 0 Å². The number of rotatable bonds is 5. The van der Waals surface area contributed by atoms with Crippen LogP contribution >= 0.6 is 11.3 Å². The first-order valence-electron chi connectivity index (χ1n) is 8.77. The fourth-order valence-electron chi connectivity index (χ4n) is 2.97. The van der Waals surface area contributed by atoms with E-state index in [4.69, 9.17) is 4.74 Å². The Morgan fingerprint density at radius 3 is 2.69 bits per heavy atom. The highest BCUT2D eigenvalue weighted by molar-refractivity contribution is 7.10. The molecule has 6 heteroatoms. The van der Waals surface area contributed by atoms with Crippen LogP contribution in [0.25, 0.3) is 0 Å². The summed E-state index contributed by atoms with van der Waals surface area (Å²) in [6.45, 7) is 2.26. The van der Waals surface area contributed by atoms with Crippen molar-refractivity contribution in [3.05, 3.63) is 45.6 Å². The highest BCUT2D eigenvalue weighted by Gasteiger charge is 2.23. The summed E-state index contributed by atoms with van der Waals surface area (Å²) in [5.74, 6) is 1.14. The van der Waals surface area contributed by atoms with Crippen LogP contribution < -0.4 is 10.1 Å². The van der Waals surface area contributed by atoms with Crippen LogP contribution in [0.3, 0.4) is 0 Å². The Morgan fingerprint density at radius 1 is 1.27 bits per heavy atom. The van der Waals surface area contributed by atoms with Gasteiger partial charge in [0.25, 0.3) is 11.8 Å². The Bertz CT molecular complexity index is 796. The van der Waals surface area contributed by atoms with E-state index in [0.29, 0.717) is 17.4 Å². The zero-order chi connectivity index (χ0) is 18.7. The van der Waals surface area contributed by atoms with Gasteiger partial charge in [0.15, 0.2) is 6.61 Å². The van der Waals surface area contributed by atoms with Gasteiger partial charge in [0.2, 0.25) is 0 Å². The molecule has 1 atom stereocenters. The molecule has 1 aromatic carbocycles. The van der Waals surface area contributed by atoms with Crippen LogP contribution in [-0.4, -0.2) is 37.4 Å². The molecular formula is C20H24N2O3S. The molecule has 1 aliphatic rings. The third-order valence-electron chi connectivity index (χ3n) is 4.62. The summed E-state index contributed by atoms with van der Waals surface area (Å²) in [7, 11) is 3.38. The lowest BCUT2D eigenvalue weighted by Gasteiger charge is -2.18. The van der Waals surface area contributed by atoms with Crippen LogP contribution in [0, 0.1) is 5.92 Å². The molecule has 0 saturated heterocycles. The standard InChI is InChI=1S/C20H24N2O3S/c1-13-4-9-16-17(12-26-18(16)10-13)20(24)21-14-5-7-15(8-6-14)25-11-19(23)22(2)3/h5-8,12-13H,4,9-11H2,1-3H3,(H,21,24). The van der Waals surface area contributed by atoms with Gasteiger partial charge >= 0.3 is 0 Å². The first-order valence-corrected chi connectivity index (χ1v) is 9.65. The minimum atomic E-state index is -0.0982. The summed E-state index contributed by atoms with van der Waals surface area (Å²) in [6, 6.07) is 7.08. The number of hydrogen-bond acceptors (Lipinski definition) is 4. The van der Waals surface area contributed by atoms with Crippen LogP contribution in [-0.2, 0) is 17.6 Å². The number of carbonyl (C=O) groups excluding carboxylic acids is 2. The lowest BCUT2D eigenvalue weighted by molar-refractivity contribution is -0.130. The summed E-state index contributed by atoms with van der Waals surface area (Å²) in [4.78, 5) is 27.0. The van der Waals surface area contributed by atoms with Gasteiger partial charge in [-0.2, -0.15) is 0 Å². The molecule has 1 unspecified atom stereocenters. The highest BCUT2D eigenvalue weighted by Crippen LogP contribution is 2.33. The third-order valence-corrected chi connectivity index (χ3v) is 5.67. The minimum absolute atomic E-state index is 0.00182. The van der Waals surface area contributed by atoms with Crippen LogP contribution in [0.5, 0.6) is 5.75 Å². The van der Waals surface area contributed by atoms with Crippen molar-refractivity contribution in [3.8, 4) is 5.75 Å². The second kappa shape index (κ2) is 7.91. The molecule has 0 saturated carbocycles. The number of carbonyl (C=O) groups is 2. The molecule has 1 N–H and O–H groups in total. The Labute approximate surface area is 158 Å². The Kier molecular flexibility index (Phi) is 5.61. The lowest BCUT2D eigenvalue weighted by Crippen LogP contribution is -2.27. The quantitative estimate of drug-likeness (QED) is 0.872. The number of nitrogens with zero attached hydrogens (tertiary/aromatic N) is 1. The summed E-state index contributed by atoms with van der Waals surface area (Å²) in [5.41, 5.74) is 2.73. The van der Waals surface area contributed by atoms with Gasteiger partial charge in [-0.25, -0.2) is 0 Å². The molecule has 0 radical (unpaired) electrons. The predicted molar refractivity (Wildman–Crippen MR) is 104 cm³/mol. The van der Waals surface area contributed by atoms with Gasteiger partial charge in [0, 0.05) is 30.0 Å². The first-order chi connectivity index (χ1) is 12.4. The molecule has 0 spiro atoms. The maximum atomic E-state index is 12.6. The molecular weight excluding hydrogens is 348 g/mol. The molecule has 0 bridgehead atoms. The average molecular weight is 372 g/mol. The van der Waals surface area contributed by atoms with Crippen LogP contribution in [0.2, 0.25) is 0 Å². The number of amides is 2. The van der Waals surface area contributed by atoms with E-state index in [1.807, 2.05) is 5.38 Å². The molecule has 0 aliphatic heterocycles. The number of hydrogen-bond donors (Lipinski definition) is 1. The van der Waals surface area contributed by atoms with Crippen LogP contribution in [0.1, 0.15) is 34.1 Å². The van der Waals surface area contributed by atoms with Crippen molar-refractivity contribution in [2.24, 2.45) is 5.92 Å². The predicted octanol–water partition coefficient (Wildman–Crippen LogP) is 3.59. The van der Waals surface area contributed by atoms with Crippen molar-refractivity contribution < 1.29 is 14.3 Å². The largest absolute Gasteiger partial charge is 0.484 e. The van der Waals surface area contributed by atoms with E-state index in [-0.39, 0.29) is 18.4 Å². The molecule has 138 valence electrons. The van der Waals surface area contributed by atoms with Crippen molar-refractivity contribution in [2.45, 2.75) is 26.2 Å². The fraction of sp³-hybridized carbons (Fsp3) is 0.400. The molecule has 0 fully saturated rings. The smallest absolute Gasteiger partial charge is 0.259 e. The van der Waals surface area contributed by atoms with Crippen molar-refractivity contribution >= 4 is 28.8 Å². The van der Waals surface area contributed by atoms with E-state index < -0.39 is 0 Å². The van der Waals surface area contributed by atoms with E-state index in [0.717, 1.165) is 24.8 Å². The van der Waals surface area contributed by atoms with Gasteiger partial charge in [0.1, 0.15) is 5.75 Å². The van der Waals surface area contributed by atoms with Gasteiger partial charge in [-0.3, -0.25) is 9.59 Å². The zero-order valence-corrected chi connectivity index (χ0v) is 16.2. The van der Waals surface area contributed by atoms with Crippen molar-refractivity contribution in [1.29, 1.82) is 0 Å². The van der Waals surface area contributed by atoms with E-state index >= 15 is 0 Å². The third kappa shape index (κ3) is 4.25. The monoisotopic (exact) mass is 372 g/mol. The highest BCUT2D eigenvalue weighted by atomic mass is 32.1. The second-order valence-corrected chi connectivity index (χ2v) is 7.92. The number of ether oxygens (including phenoxy) is 1. The molecule has 1 aliphatic carbocycles. The molecule has 2 amide bonds. The zero-order valence-electron chi connectivity index (χ0n) is 15.4. The SMILES string of the molecule is CC1CCc2c(C(=O)Nc3ccc(OCC(=O)N(C)C)cc3)csc2C1. The molecule has 2 aromatic rings. The number of thiophene rings is 1. The van der Waals surface area contributed by atoms with Crippen molar-refractivity contribution in [1.82, 2.24) is 4.90 Å². The number of nitrogens with one attached hydrogen (secondary N) is 1. The molecule has 26 heavy (non-hydrogen) atoms. The maximum Gasteiger partial charge on any atom is 0.259 e. The van der Waals surface area contributed by atoms with Gasteiger partial charge in [-0.05, 0) is 55.0 Å². The summed E-state index contributed by atoms with van der Waals surface area (Å²) < 4.78 is 5.44. The number of benzene rings is 1. The molecule has 1 aromatic heterocycles. The summed E-state index contributed by atoms with van der Waals surface area (Å²) >= 11 is 1.69. The van der Waals surface area contributed by atoms with Gasteiger partial charge in [0.05, 0.1) is 5.56 Å². The average Bonchev–Trinajstić information content (AvgIpc) is 3.03. The number of likely N-dealkylation sites (N-methyl/N-ethyl adjacent to an activating group) is 1. The van der Waals surface area contributed by atoms with E-state index in [1.54, 1.807) is 49.7 Å². The lowest BCUT2D eigenvalue weighted by atomic mass is 9.88. The van der Waals surface area contributed by atoms with Gasteiger partial charge in [-0.15, -0.1) is 11.3 Å². The van der Waals surface area contributed by atoms with Crippen LogP contribution in [0.15, 0.2) is 29.6 Å².